The number of aliphatic imine (C=N–C) groups is 1. The van der Waals surface area contributed by atoms with Crippen LogP contribution >= 0.6 is 11.3 Å². The summed E-state index contributed by atoms with van der Waals surface area (Å²) in [4.78, 5) is 8.30. The molecule has 2 aromatic heterocycles. The lowest BCUT2D eigenvalue weighted by molar-refractivity contribution is 0.259. The van der Waals surface area contributed by atoms with Crippen molar-refractivity contribution in [3.8, 4) is 0 Å². The lowest BCUT2D eigenvalue weighted by Crippen LogP contribution is -2.54. The highest BCUT2D eigenvalue weighted by molar-refractivity contribution is 7.88. The van der Waals surface area contributed by atoms with Crippen LogP contribution in [0.3, 0.4) is 0 Å². The van der Waals surface area contributed by atoms with Crippen LogP contribution in [-0.2, 0) is 21.2 Å². The maximum Gasteiger partial charge on any atom is 0.220 e. The Morgan fingerprint density at radius 1 is 1.31 bits per heavy atom. The van der Waals surface area contributed by atoms with E-state index < -0.39 is 10.0 Å². The third-order valence-corrected chi connectivity index (χ3v) is 7.95. The van der Waals surface area contributed by atoms with E-state index in [1.54, 1.807) is 17.4 Å². The molecule has 1 N–H and O–H groups in total. The van der Waals surface area contributed by atoms with E-state index in [4.69, 9.17) is 9.52 Å². The fraction of sp³-hybridized carbons (Fsp3) is 0.579. The molecule has 160 valence electrons. The summed E-state index contributed by atoms with van der Waals surface area (Å²) in [5.41, 5.74) is 0.385. The highest BCUT2D eigenvalue weighted by Crippen LogP contribution is 2.27. The Bertz CT molecular complexity index is 884. The number of nitrogens with one attached hydrogen (secondary N) is 1. The lowest BCUT2D eigenvalue weighted by atomic mass is 9.92. The predicted molar refractivity (Wildman–Crippen MR) is 116 cm³/mol. The number of sulfonamides is 1. The molecule has 0 bridgehead atoms. The van der Waals surface area contributed by atoms with E-state index in [1.807, 2.05) is 6.92 Å². The van der Waals surface area contributed by atoms with E-state index in [9.17, 15) is 8.42 Å². The van der Waals surface area contributed by atoms with E-state index in [0.29, 0.717) is 38.4 Å². The number of nitrogens with zero attached hydrogens (tertiary/aromatic N) is 4. The second-order valence-electron chi connectivity index (χ2n) is 7.66. The van der Waals surface area contributed by atoms with Crippen LogP contribution in [0.4, 0.5) is 0 Å². The number of guanidine groups is 1. The third kappa shape index (κ3) is 5.58. The first kappa shape index (κ1) is 21.8. The zero-order chi connectivity index (χ0) is 20.9. The Labute approximate surface area is 176 Å². The molecule has 2 aromatic rings. The molecule has 0 unspecified atom stereocenters. The number of rotatable bonds is 7. The van der Waals surface area contributed by atoms with Gasteiger partial charge in [-0.3, -0.25) is 4.99 Å². The molecule has 0 radical (unpaired) electrons. The topological polar surface area (TPSA) is 91.0 Å². The summed E-state index contributed by atoms with van der Waals surface area (Å²) < 4.78 is 31.5. The van der Waals surface area contributed by atoms with Crippen molar-refractivity contribution in [3.63, 3.8) is 0 Å². The molecule has 10 heteroatoms. The molecule has 3 heterocycles. The number of thiophene rings is 1. The van der Waals surface area contributed by atoms with Crippen molar-refractivity contribution >= 4 is 27.3 Å². The van der Waals surface area contributed by atoms with Crippen molar-refractivity contribution in [2.75, 3.05) is 39.3 Å². The van der Waals surface area contributed by atoms with Gasteiger partial charge >= 0.3 is 0 Å². The van der Waals surface area contributed by atoms with Crippen LogP contribution < -0.4 is 5.32 Å². The first-order valence-electron chi connectivity index (χ1n) is 9.76. The summed E-state index contributed by atoms with van der Waals surface area (Å²) in [6, 6.07) is 5.79. The van der Waals surface area contributed by atoms with Gasteiger partial charge in [-0.2, -0.15) is 4.31 Å². The second-order valence-corrected chi connectivity index (χ2v) is 10.6. The molecule has 29 heavy (non-hydrogen) atoms. The van der Waals surface area contributed by atoms with E-state index in [2.05, 4.69) is 46.7 Å². The molecule has 1 aliphatic rings. The molecule has 0 spiro atoms. The Morgan fingerprint density at radius 2 is 2.07 bits per heavy atom. The molecular formula is C19H29N5O3S2. The predicted octanol–water partition coefficient (Wildman–Crippen LogP) is 2.13. The van der Waals surface area contributed by atoms with E-state index >= 15 is 0 Å². The average Bonchev–Trinajstić information content (AvgIpc) is 3.39. The van der Waals surface area contributed by atoms with Gasteiger partial charge in [-0.15, -0.1) is 11.3 Å². The van der Waals surface area contributed by atoms with Crippen molar-refractivity contribution in [3.05, 3.63) is 40.4 Å². The highest BCUT2D eigenvalue weighted by Gasteiger charge is 2.29. The van der Waals surface area contributed by atoms with E-state index in [-0.39, 0.29) is 11.2 Å². The molecule has 0 amide bonds. The van der Waals surface area contributed by atoms with Gasteiger partial charge in [-0.1, -0.05) is 25.1 Å². The summed E-state index contributed by atoms with van der Waals surface area (Å²) in [6.07, 6.45) is 1.39. The maximum absolute atomic E-state index is 12.6. The quantitative estimate of drug-likeness (QED) is 0.525. The van der Waals surface area contributed by atoms with Crippen molar-refractivity contribution < 1.29 is 12.9 Å². The second kappa shape index (κ2) is 9.27. The monoisotopic (exact) mass is 439 g/mol. The summed E-state index contributed by atoms with van der Waals surface area (Å²) >= 11 is 1.75. The van der Waals surface area contributed by atoms with Crippen LogP contribution in [-0.4, -0.2) is 68.0 Å². The Kier molecular flexibility index (Phi) is 6.97. The maximum atomic E-state index is 12.6. The molecule has 8 nitrogen and oxygen atoms in total. The summed E-state index contributed by atoms with van der Waals surface area (Å²) in [6.45, 7) is 9.92. The van der Waals surface area contributed by atoms with E-state index in [0.717, 1.165) is 12.5 Å². The zero-order valence-electron chi connectivity index (χ0n) is 17.2. The van der Waals surface area contributed by atoms with Crippen molar-refractivity contribution in [2.45, 2.75) is 31.9 Å². The van der Waals surface area contributed by atoms with Crippen LogP contribution in [0, 0.1) is 0 Å². The summed E-state index contributed by atoms with van der Waals surface area (Å²) in [5, 5.41) is 9.15. The van der Waals surface area contributed by atoms with Crippen LogP contribution in [0.15, 0.2) is 39.4 Å². The highest BCUT2D eigenvalue weighted by atomic mass is 32.2. The van der Waals surface area contributed by atoms with Gasteiger partial charge in [0, 0.05) is 49.1 Å². The molecular weight excluding hydrogens is 410 g/mol. The molecule has 1 aliphatic heterocycles. The summed E-state index contributed by atoms with van der Waals surface area (Å²) in [7, 11) is -3.41. The third-order valence-electron chi connectivity index (χ3n) is 4.90. The smallest absolute Gasteiger partial charge is 0.220 e. The van der Waals surface area contributed by atoms with Gasteiger partial charge in [0.2, 0.25) is 10.0 Å². The Balaban J connectivity index is 1.62. The number of hydrogen-bond donors (Lipinski definition) is 1. The first-order valence-corrected chi connectivity index (χ1v) is 12.2. The Morgan fingerprint density at radius 3 is 2.66 bits per heavy atom. The van der Waals surface area contributed by atoms with E-state index in [1.165, 1.54) is 15.4 Å². The molecule has 0 atom stereocenters. The van der Waals surface area contributed by atoms with Gasteiger partial charge in [-0.25, -0.2) is 8.42 Å². The lowest BCUT2D eigenvalue weighted by Gasteiger charge is -2.36. The van der Waals surface area contributed by atoms with Gasteiger partial charge in [0.05, 0.1) is 12.2 Å². The average molecular weight is 440 g/mol. The molecule has 1 saturated heterocycles. The summed E-state index contributed by atoms with van der Waals surface area (Å²) in [5.74, 6) is 0.706. The van der Waals surface area contributed by atoms with Gasteiger partial charge in [0.15, 0.2) is 5.96 Å². The fourth-order valence-corrected chi connectivity index (χ4v) is 5.48. The van der Waals surface area contributed by atoms with Crippen LogP contribution in [0.2, 0.25) is 0 Å². The van der Waals surface area contributed by atoms with Crippen LogP contribution in [0.1, 0.15) is 31.3 Å². The van der Waals surface area contributed by atoms with Crippen molar-refractivity contribution in [1.82, 2.24) is 19.7 Å². The number of hydrogen-bond acceptors (Lipinski definition) is 6. The molecule has 3 rings (SSSR count). The first-order chi connectivity index (χ1) is 13.8. The van der Waals surface area contributed by atoms with Gasteiger partial charge in [0.25, 0.3) is 0 Å². The van der Waals surface area contributed by atoms with Gasteiger partial charge in [0.1, 0.15) is 12.0 Å². The van der Waals surface area contributed by atoms with Crippen molar-refractivity contribution in [2.24, 2.45) is 4.99 Å². The standard InChI is InChI=1S/C19H29N5O3S2/c1-4-20-18(21-15-19(2,3)17-6-5-13-28-17)23-8-10-24(11-9-23)29(25,26)14-16-7-12-27-22-16/h5-7,12-13H,4,8-11,14-15H2,1-3H3,(H,20,21). The minimum atomic E-state index is -3.41. The van der Waals surface area contributed by atoms with Crippen molar-refractivity contribution in [1.29, 1.82) is 0 Å². The molecule has 0 saturated carbocycles. The van der Waals surface area contributed by atoms with Crippen LogP contribution in [0.5, 0.6) is 0 Å². The zero-order valence-corrected chi connectivity index (χ0v) is 18.8. The molecule has 1 fully saturated rings. The fourth-order valence-electron chi connectivity index (χ4n) is 3.21. The normalized spacial score (nSPS) is 16.9. The molecule has 0 aliphatic carbocycles. The Hall–Kier alpha value is -1.91. The number of aromatic nitrogens is 1. The number of piperazine rings is 1. The van der Waals surface area contributed by atoms with Gasteiger partial charge < -0.3 is 14.7 Å². The minimum Gasteiger partial charge on any atom is -0.364 e. The minimum absolute atomic E-state index is 0.0441. The molecule has 0 aromatic carbocycles. The SMILES string of the molecule is CCNC(=NCC(C)(C)c1cccs1)N1CCN(S(=O)(=O)Cc2ccon2)CC1. The largest absolute Gasteiger partial charge is 0.364 e. The van der Waals surface area contributed by atoms with Gasteiger partial charge in [-0.05, 0) is 18.4 Å². The van der Waals surface area contributed by atoms with Crippen LogP contribution in [0.25, 0.3) is 0 Å².